The highest BCUT2D eigenvalue weighted by atomic mass is 19.1. The summed E-state index contributed by atoms with van der Waals surface area (Å²) in [5.41, 5.74) is 7.90. The Hall–Kier alpha value is -1.84. The van der Waals surface area contributed by atoms with E-state index >= 15 is 0 Å². The fraction of sp³-hybridized carbons (Fsp3) is 0.357. The van der Waals surface area contributed by atoms with E-state index in [-0.39, 0.29) is 11.4 Å². The zero-order chi connectivity index (χ0) is 13.5. The van der Waals surface area contributed by atoms with Crippen LogP contribution in [-0.4, -0.2) is 9.55 Å². The van der Waals surface area contributed by atoms with Crippen molar-refractivity contribution in [2.75, 3.05) is 5.73 Å². The molecule has 0 unspecified atom stereocenters. The summed E-state index contributed by atoms with van der Waals surface area (Å²) in [7, 11) is 0. The first-order valence-electron chi connectivity index (χ1n) is 5.90. The molecule has 0 saturated heterocycles. The maximum absolute atomic E-state index is 13.6. The normalized spacial score (nSPS) is 11.8. The Labute approximate surface area is 106 Å². The number of halogens is 1. The molecule has 1 aromatic carbocycles. The lowest BCUT2D eigenvalue weighted by atomic mass is 10.1. The molecule has 0 atom stereocenters. The van der Waals surface area contributed by atoms with Crippen LogP contribution in [0.1, 0.15) is 26.3 Å². The smallest absolute Gasteiger partial charge is 0.132 e. The molecule has 0 aliphatic carbocycles. The Morgan fingerprint density at radius 2 is 1.94 bits per heavy atom. The minimum Gasteiger partial charge on any atom is -0.383 e. The number of anilines is 1. The summed E-state index contributed by atoms with van der Waals surface area (Å²) in [4.78, 5) is 4.29. The van der Waals surface area contributed by atoms with E-state index in [2.05, 4.69) is 4.98 Å². The predicted octanol–water partition coefficient (Wildman–Crippen LogP) is 3.33. The molecule has 0 radical (unpaired) electrons. The third-order valence-corrected chi connectivity index (χ3v) is 2.97. The van der Waals surface area contributed by atoms with Crippen molar-refractivity contribution in [1.29, 1.82) is 0 Å². The monoisotopic (exact) mass is 247 g/mol. The number of nitrogen functional groups attached to an aromatic ring is 1. The molecule has 96 valence electrons. The maximum atomic E-state index is 13.6. The van der Waals surface area contributed by atoms with Crippen LogP contribution in [0.3, 0.4) is 0 Å². The first-order chi connectivity index (χ1) is 8.30. The average Bonchev–Trinajstić information content (AvgIpc) is 2.64. The SMILES string of the molecule is Cc1ccc(-c2ncn(C(C)(C)C)c2N)cc1F. The molecule has 0 aliphatic heterocycles. The van der Waals surface area contributed by atoms with E-state index in [1.807, 2.05) is 31.4 Å². The highest BCUT2D eigenvalue weighted by Gasteiger charge is 2.19. The molecular weight excluding hydrogens is 229 g/mol. The van der Waals surface area contributed by atoms with Crippen LogP contribution in [0.15, 0.2) is 24.5 Å². The van der Waals surface area contributed by atoms with E-state index < -0.39 is 0 Å². The van der Waals surface area contributed by atoms with Gasteiger partial charge < -0.3 is 10.3 Å². The van der Waals surface area contributed by atoms with Crippen LogP contribution in [0.5, 0.6) is 0 Å². The molecule has 4 heteroatoms. The van der Waals surface area contributed by atoms with Crippen LogP contribution in [0.4, 0.5) is 10.2 Å². The standard InChI is InChI=1S/C14H18FN3/c1-9-5-6-10(7-11(9)15)12-13(16)18(8-17-12)14(2,3)4/h5-8H,16H2,1-4H3. The van der Waals surface area contributed by atoms with Gasteiger partial charge in [-0.2, -0.15) is 0 Å². The van der Waals surface area contributed by atoms with Gasteiger partial charge in [-0.3, -0.25) is 0 Å². The molecule has 1 aromatic heterocycles. The molecule has 0 spiro atoms. The van der Waals surface area contributed by atoms with Crippen LogP contribution >= 0.6 is 0 Å². The van der Waals surface area contributed by atoms with Gasteiger partial charge in [-0.05, 0) is 39.3 Å². The van der Waals surface area contributed by atoms with Gasteiger partial charge in [0.25, 0.3) is 0 Å². The Kier molecular flexibility index (Phi) is 2.89. The van der Waals surface area contributed by atoms with Crippen LogP contribution in [0, 0.1) is 12.7 Å². The first kappa shape index (κ1) is 12.6. The summed E-state index contributed by atoms with van der Waals surface area (Å²) in [6.45, 7) is 7.87. The predicted molar refractivity (Wildman–Crippen MR) is 71.8 cm³/mol. The second-order valence-electron chi connectivity index (χ2n) is 5.48. The lowest BCUT2D eigenvalue weighted by Crippen LogP contribution is -2.22. The molecule has 0 aliphatic rings. The molecule has 2 N–H and O–H groups in total. The van der Waals surface area contributed by atoms with Crippen molar-refractivity contribution in [2.24, 2.45) is 0 Å². The molecule has 0 saturated carbocycles. The first-order valence-corrected chi connectivity index (χ1v) is 5.90. The van der Waals surface area contributed by atoms with E-state index in [0.717, 1.165) is 0 Å². The number of benzene rings is 1. The summed E-state index contributed by atoms with van der Waals surface area (Å²) < 4.78 is 15.5. The topological polar surface area (TPSA) is 43.8 Å². The van der Waals surface area contributed by atoms with Gasteiger partial charge in [0.15, 0.2) is 0 Å². The number of aryl methyl sites for hydroxylation is 1. The number of nitrogens with two attached hydrogens (primary N) is 1. The number of hydrogen-bond acceptors (Lipinski definition) is 2. The van der Waals surface area contributed by atoms with Crippen LogP contribution in [0.25, 0.3) is 11.3 Å². The van der Waals surface area contributed by atoms with Crippen molar-refractivity contribution >= 4 is 5.82 Å². The molecular formula is C14H18FN3. The Bertz CT molecular complexity index is 579. The highest BCUT2D eigenvalue weighted by Crippen LogP contribution is 2.29. The lowest BCUT2D eigenvalue weighted by molar-refractivity contribution is 0.402. The number of rotatable bonds is 1. The fourth-order valence-corrected chi connectivity index (χ4v) is 1.86. The second-order valence-corrected chi connectivity index (χ2v) is 5.48. The molecule has 0 amide bonds. The lowest BCUT2D eigenvalue weighted by Gasteiger charge is -2.22. The van der Waals surface area contributed by atoms with Crippen molar-refractivity contribution < 1.29 is 4.39 Å². The van der Waals surface area contributed by atoms with Gasteiger partial charge in [0.05, 0.1) is 6.33 Å². The third-order valence-electron chi connectivity index (χ3n) is 2.97. The van der Waals surface area contributed by atoms with E-state index in [9.17, 15) is 4.39 Å². The summed E-state index contributed by atoms with van der Waals surface area (Å²) in [6.07, 6.45) is 1.70. The number of nitrogens with zero attached hydrogens (tertiary/aromatic N) is 2. The van der Waals surface area contributed by atoms with Gasteiger partial charge in [0, 0.05) is 11.1 Å². The van der Waals surface area contributed by atoms with E-state index in [1.54, 1.807) is 19.3 Å². The summed E-state index contributed by atoms with van der Waals surface area (Å²) in [5.74, 6) is 0.322. The second kappa shape index (κ2) is 4.12. The molecule has 2 aromatic rings. The molecule has 3 nitrogen and oxygen atoms in total. The molecule has 1 heterocycles. The van der Waals surface area contributed by atoms with Gasteiger partial charge in [0.1, 0.15) is 17.3 Å². The molecule has 0 bridgehead atoms. The quantitative estimate of drug-likeness (QED) is 0.840. The summed E-state index contributed by atoms with van der Waals surface area (Å²) in [6, 6.07) is 5.05. The van der Waals surface area contributed by atoms with Gasteiger partial charge >= 0.3 is 0 Å². The maximum Gasteiger partial charge on any atom is 0.132 e. The Balaban J connectivity index is 2.52. The van der Waals surface area contributed by atoms with E-state index in [4.69, 9.17) is 5.73 Å². The van der Waals surface area contributed by atoms with Crippen molar-refractivity contribution in [1.82, 2.24) is 9.55 Å². The van der Waals surface area contributed by atoms with Crippen LogP contribution < -0.4 is 5.73 Å². The Morgan fingerprint density at radius 3 is 2.44 bits per heavy atom. The van der Waals surface area contributed by atoms with Crippen molar-refractivity contribution in [3.05, 3.63) is 35.9 Å². The van der Waals surface area contributed by atoms with Crippen molar-refractivity contribution in [3.63, 3.8) is 0 Å². The van der Waals surface area contributed by atoms with Crippen LogP contribution in [0.2, 0.25) is 0 Å². The number of aromatic nitrogens is 2. The fourth-order valence-electron chi connectivity index (χ4n) is 1.86. The van der Waals surface area contributed by atoms with Crippen LogP contribution in [-0.2, 0) is 5.54 Å². The van der Waals surface area contributed by atoms with Crippen molar-refractivity contribution in [2.45, 2.75) is 33.2 Å². The Morgan fingerprint density at radius 1 is 1.28 bits per heavy atom. The number of imidazole rings is 1. The summed E-state index contributed by atoms with van der Waals surface area (Å²) >= 11 is 0. The van der Waals surface area contributed by atoms with E-state index in [0.29, 0.717) is 22.6 Å². The van der Waals surface area contributed by atoms with Gasteiger partial charge in [-0.15, -0.1) is 0 Å². The van der Waals surface area contributed by atoms with Gasteiger partial charge in [-0.25, -0.2) is 9.37 Å². The zero-order valence-corrected chi connectivity index (χ0v) is 11.2. The van der Waals surface area contributed by atoms with E-state index in [1.165, 1.54) is 6.07 Å². The third kappa shape index (κ3) is 2.10. The van der Waals surface area contributed by atoms with Gasteiger partial charge in [-0.1, -0.05) is 12.1 Å². The number of hydrogen-bond donors (Lipinski definition) is 1. The highest BCUT2D eigenvalue weighted by molar-refractivity contribution is 5.70. The average molecular weight is 247 g/mol. The van der Waals surface area contributed by atoms with Gasteiger partial charge in [0.2, 0.25) is 0 Å². The molecule has 18 heavy (non-hydrogen) atoms. The largest absolute Gasteiger partial charge is 0.383 e. The molecule has 0 fully saturated rings. The zero-order valence-electron chi connectivity index (χ0n) is 11.2. The molecule has 2 rings (SSSR count). The minimum absolute atomic E-state index is 0.140. The minimum atomic E-state index is -0.239. The summed E-state index contributed by atoms with van der Waals surface area (Å²) in [5, 5.41) is 0. The van der Waals surface area contributed by atoms with Crippen molar-refractivity contribution in [3.8, 4) is 11.3 Å².